The van der Waals surface area contributed by atoms with Gasteiger partial charge >= 0.3 is 0 Å². The van der Waals surface area contributed by atoms with E-state index in [1.165, 1.54) is 0 Å². The first-order valence-electron chi connectivity index (χ1n) is 5.07. The van der Waals surface area contributed by atoms with Crippen LogP contribution in [0.1, 0.15) is 10.4 Å². The fraction of sp³-hybridized carbons (Fsp3) is 0. The number of nitrogens with two attached hydrogens (primary N) is 1. The summed E-state index contributed by atoms with van der Waals surface area (Å²) in [6.45, 7) is 0. The molecule has 86 valence electrons. The predicted molar refractivity (Wildman–Crippen MR) is 72.9 cm³/mol. The lowest BCUT2D eigenvalue weighted by molar-refractivity contribution is 0.102. The van der Waals surface area contributed by atoms with Crippen molar-refractivity contribution in [2.24, 2.45) is 0 Å². The summed E-state index contributed by atoms with van der Waals surface area (Å²) in [7, 11) is 0. The summed E-state index contributed by atoms with van der Waals surface area (Å²) in [5.41, 5.74) is 7.50. The van der Waals surface area contributed by atoms with Gasteiger partial charge in [-0.3, -0.25) is 4.79 Å². The Labute approximate surface area is 108 Å². The second-order valence-corrected chi connectivity index (χ2v) is 4.50. The van der Waals surface area contributed by atoms with Crippen molar-refractivity contribution in [3.8, 4) is 0 Å². The van der Waals surface area contributed by atoms with Crippen LogP contribution < -0.4 is 11.1 Å². The minimum absolute atomic E-state index is 0.167. The lowest BCUT2D eigenvalue weighted by atomic mass is 10.2. The number of anilines is 2. The van der Waals surface area contributed by atoms with E-state index in [0.717, 1.165) is 10.2 Å². The van der Waals surface area contributed by atoms with Crippen LogP contribution in [0, 0.1) is 0 Å². The zero-order chi connectivity index (χ0) is 12.3. The monoisotopic (exact) mass is 290 g/mol. The van der Waals surface area contributed by atoms with Gasteiger partial charge < -0.3 is 11.1 Å². The van der Waals surface area contributed by atoms with Crippen LogP contribution in [0.15, 0.2) is 53.0 Å². The maximum atomic E-state index is 11.9. The molecule has 3 nitrogen and oxygen atoms in total. The maximum absolute atomic E-state index is 11.9. The van der Waals surface area contributed by atoms with Gasteiger partial charge in [-0.15, -0.1) is 0 Å². The summed E-state index contributed by atoms with van der Waals surface area (Å²) >= 11 is 3.34. The van der Waals surface area contributed by atoms with Crippen LogP contribution in [-0.2, 0) is 0 Å². The molecule has 0 saturated carbocycles. The third kappa shape index (κ3) is 3.07. The Balaban J connectivity index is 2.14. The summed E-state index contributed by atoms with van der Waals surface area (Å²) in [6.07, 6.45) is 0. The number of rotatable bonds is 2. The average Bonchev–Trinajstić information content (AvgIpc) is 2.32. The fourth-order valence-corrected chi connectivity index (χ4v) is 1.68. The van der Waals surface area contributed by atoms with Gasteiger partial charge in [0.15, 0.2) is 0 Å². The van der Waals surface area contributed by atoms with Crippen LogP contribution in [0.2, 0.25) is 0 Å². The number of hydrogen-bond acceptors (Lipinski definition) is 2. The molecule has 0 atom stereocenters. The number of carbonyl (C=O) groups is 1. The van der Waals surface area contributed by atoms with Gasteiger partial charge in [0.25, 0.3) is 5.91 Å². The highest BCUT2D eigenvalue weighted by Crippen LogP contribution is 2.15. The molecule has 3 N–H and O–H groups in total. The van der Waals surface area contributed by atoms with Crippen molar-refractivity contribution >= 4 is 33.2 Å². The van der Waals surface area contributed by atoms with Gasteiger partial charge in [-0.1, -0.05) is 22.0 Å². The third-order valence-corrected chi connectivity index (χ3v) is 2.78. The number of nitrogens with one attached hydrogen (secondary N) is 1. The lowest BCUT2D eigenvalue weighted by Crippen LogP contribution is -2.11. The number of carbonyl (C=O) groups excluding carboxylic acids is 1. The van der Waals surface area contributed by atoms with Gasteiger partial charge in [-0.25, -0.2) is 0 Å². The standard InChI is InChI=1S/C13H11BrN2O/c14-10-4-6-12(7-5-10)16-13(17)9-2-1-3-11(15)8-9/h1-8H,15H2,(H,16,17). The van der Waals surface area contributed by atoms with E-state index in [9.17, 15) is 4.79 Å². The summed E-state index contributed by atoms with van der Waals surface area (Å²) < 4.78 is 0.972. The van der Waals surface area contributed by atoms with Crippen molar-refractivity contribution in [3.63, 3.8) is 0 Å². The molecule has 2 aromatic carbocycles. The molecule has 0 unspecified atom stereocenters. The molecule has 2 rings (SSSR count). The minimum Gasteiger partial charge on any atom is -0.399 e. The van der Waals surface area contributed by atoms with Crippen molar-refractivity contribution in [2.45, 2.75) is 0 Å². The van der Waals surface area contributed by atoms with Gasteiger partial charge in [0.05, 0.1) is 0 Å². The molecule has 0 aliphatic heterocycles. The summed E-state index contributed by atoms with van der Waals surface area (Å²) in [5, 5.41) is 2.80. The highest BCUT2D eigenvalue weighted by molar-refractivity contribution is 9.10. The molecular weight excluding hydrogens is 280 g/mol. The maximum Gasteiger partial charge on any atom is 0.255 e. The van der Waals surface area contributed by atoms with Crippen LogP contribution in [0.5, 0.6) is 0 Å². The normalized spacial score (nSPS) is 9.94. The van der Waals surface area contributed by atoms with Crippen molar-refractivity contribution < 1.29 is 4.79 Å². The second kappa shape index (κ2) is 5.01. The van der Waals surface area contributed by atoms with Gasteiger partial charge in [-0.05, 0) is 42.5 Å². The summed E-state index contributed by atoms with van der Waals surface area (Å²) in [5.74, 6) is -0.167. The average molecular weight is 291 g/mol. The van der Waals surface area contributed by atoms with Gasteiger partial charge in [-0.2, -0.15) is 0 Å². The Morgan fingerprint density at radius 2 is 1.82 bits per heavy atom. The van der Waals surface area contributed by atoms with Crippen LogP contribution in [-0.4, -0.2) is 5.91 Å². The van der Waals surface area contributed by atoms with E-state index in [4.69, 9.17) is 5.73 Å². The molecule has 2 aromatic rings. The zero-order valence-electron chi connectivity index (χ0n) is 8.98. The Morgan fingerprint density at radius 1 is 1.12 bits per heavy atom. The van der Waals surface area contributed by atoms with Crippen molar-refractivity contribution in [1.82, 2.24) is 0 Å². The number of benzene rings is 2. The van der Waals surface area contributed by atoms with Crippen LogP contribution in [0.3, 0.4) is 0 Å². The smallest absolute Gasteiger partial charge is 0.255 e. The SMILES string of the molecule is Nc1cccc(C(=O)Nc2ccc(Br)cc2)c1. The predicted octanol–water partition coefficient (Wildman–Crippen LogP) is 3.28. The van der Waals surface area contributed by atoms with Crippen molar-refractivity contribution in [2.75, 3.05) is 11.1 Å². The van der Waals surface area contributed by atoms with E-state index < -0.39 is 0 Å². The topological polar surface area (TPSA) is 55.1 Å². The van der Waals surface area contributed by atoms with Gasteiger partial charge in [0.1, 0.15) is 0 Å². The molecular formula is C13H11BrN2O. The Morgan fingerprint density at radius 3 is 2.47 bits per heavy atom. The lowest BCUT2D eigenvalue weighted by Gasteiger charge is -2.05. The molecule has 0 bridgehead atoms. The molecule has 0 radical (unpaired) electrons. The first-order chi connectivity index (χ1) is 8.15. The van der Waals surface area contributed by atoms with Crippen LogP contribution in [0.4, 0.5) is 11.4 Å². The quantitative estimate of drug-likeness (QED) is 0.834. The van der Waals surface area contributed by atoms with Gasteiger partial charge in [0, 0.05) is 21.4 Å². The fourth-order valence-electron chi connectivity index (χ4n) is 1.42. The summed E-state index contributed by atoms with van der Waals surface area (Å²) in [6, 6.07) is 14.3. The van der Waals surface area contributed by atoms with Crippen molar-refractivity contribution in [3.05, 3.63) is 58.6 Å². The Hall–Kier alpha value is -1.81. The van der Waals surface area contributed by atoms with Crippen LogP contribution >= 0.6 is 15.9 Å². The number of amides is 1. The van der Waals surface area contributed by atoms with Gasteiger partial charge in [0.2, 0.25) is 0 Å². The molecule has 1 amide bonds. The molecule has 0 aliphatic rings. The third-order valence-electron chi connectivity index (χ3n) is 2.25. The molecule has 0 saturated heterocycles. The number of hydrogen-bond donors (Lipinski definition) is 2. The molecule has 17 heavy (non-hydrogen) atoms. The van der Waals surface area contributed by atoms with Crippen LogP contribution in [0.25, 0.3) is 0 Å². The molecule has 4 heteroatoms. The largest absolute Gasteiger partial charge is 0.399 e. The second-order valence-electron chi connectivity index (χ2n) is 3.59. The molecule has 0 aromatic heterocycles. The van der Waals surface area contributed by atoms with E-state index in [1.54, 1.807) is 24.3 Å². The first kappa shape index (κ1) is 11.7. The van der Waals surface area contributed by atoms with Crippen molar-refractivity contribution in [1.29, 1.82) is 0 Å². The zero-order valence-corrected chi connectivity index (χ0v) is 10.6. The highest BCUT2D eigenvalue weighted by atomic mass is 79.9. The molecule has 0 heterocycles. The minimum atomic E-state index is -0.167. The molecule has 0 spiro atoms. The highest BCUT2D eigenvalue weighted by Gasteiger charge is 2.05. The number of halogens is 1. The van der Waals surface area contributed by atoms with E-state index in [-0.39, 0.29) is 5.91 Å². The van der Waals surface area contributed by atoms with E-state index >= 15 is 0 Å². The van der Waals surface area contributed by atoms with E-state index in [1.807, 2.05) is 24.3 Å². The first-order valence-corrected chi connectivity index (χ1v) is 5.87. The molecule has 0 fully saturated rings. The molecule has 0 aliphatic carbocycles. The van der Waals surface area contributed by atoms with E-state index in [2.05, 4.69) is 21.2 Å². The summed E-state index contributed by atoms with van der Waals surface area (Å²) in [4.78, 5) is 11.9. The Bertz CT molecular complexity index is 537. The van der Waals surface area contributed by atoms with E-state index in [0.29, 0.717) is 11.3 Å². The number of nitrogen functional groups attached to an aromatic ring is 1. The Kier molecular flexibility index (Phi) is 3.44.